The van der Waals surface area contributed by atoms with Crippen molar-refractivity contribution < 1.29 is 25.8 Å². The van der Waals surface area contributed by atoms with Gasteiger partial charge in [0.15, 0.2) is 0 Å². The zero-order chi connectivity index (χ0) is 35.8. The molecule has 0 fully saturated rings. The van der Waals surface area contributed by atoms with E-state index in [-0.39, 0.29) is 21.1 Å². The van der Waals surface area contributed by atoms with Crippen LogP contribution in [0.5, 0.6) is 11.5 Å². The maximum atomic E-state index is 6.58. The molecule has 0 amide bonds. The van der Waals surface area contributed by atoms with Crippen LogP contribution in [0.1, 0.15) is 22.3 Å². The van der Waals surface area contributed by atoms with Gasteiger partial charge in [0.2, 0.25) is 0 Å². The number of imidazole rings is 1. The topological polar surface area (TPSA) is 57.2 Å². The van der Waals surface area contributed by atoms with Crippen molar-refractivity contribution in [3.8, 4) is 39.8 Å². The molecule has 0 spiro atoms. The van der Waals surface area contributed by atoms with Crippen molar-refractivity contribution >= 4 is 49.3 Å². The van der Waals surface area contributed by atoms with E-state index in [0.717, 1.165) is 77.6 Å². The molecule has 5 heterocycles. The van der Waals surface area contributed by atoms with Crippen LogP contribution in [0.4, 0.5) is 0 Å². The number of hydrogen-bond donors (Lipinski definition) is 0. The zero-order valence-corrected chi connectivity index (χ0v) is 32.4. The molecule has 5 aromatic carbocycles. The molecule has 0 radical (unpaired) electrons. The van der Waals surface area contributed by atoms with Gasteiger partial charge in [0, 0.05) is 40.5 Å². The third-order valence-corrected chi connectivity index (χ3v) is 10.4. The van der Waals surface area contributed by atoms with Crippen LogP contribution in [0, 0.1) is 39.8 Å². The molecule has 6 nitrogen and oxygen atoms in total. The van der Waals surface area contributed by atoms with Crippen LogP contribution in [0.25, 0.3) is 77.6 Å². The Morgan fingerprint density at radius 1 is 0.556 bits per heavy atom. The van der Waals surface area contributed by atoms with Crippen molar-refractivity contribution in [1.82, 2.24) is 23.9 Å². The van der Waals surface area contributed by atoms with Gasteiger partial charge in [-0.15, -0.1) is 29.7 Å². The van der Waals surface area contributed by atoms with Crippen LogP contribution in [-0.2, 0) is 21.1 Å². The number of ether oxygens (including phenoxy) is 1. The molecule has 7 heteroatoms. The Morgan fingerprint density at radius 2 is 1.22 bits per heavy atom. The predicted molar refractivity (Wildman–Crippen MR) is 214 cm³/mol. The Bertz CT molecular complexity index is 3050. The monoisotopic (exact) mass is 878 g/mol. The van der Waals surface area contributed by atoms with E-state index in [9.17, 15) is 0 Å². The summed E-state index contributed by atoms with van der Waals surface area (Å²) in [4.78, 5) is 15.1. The van der Waals surface area contributed by atoms with Crippen molar-refractivity contribution in [1.29, 1.82) is 0 Å². The summed E-state index contributed by atoms with van der Waals surface area (Å²) < 4.78 is 10.9. The Morgan fingerprint density at radius 3 is 1.96 bits per heavy atom. The normalized spacial score (nSPS) is 11.6. The molecular weight excluding hydrogens is 846 g/mol. The Balaban J connectivity index is 0.00000384. The molecular formula is C47H33N5OPt. The van der Waals surface area contributed by atoms with E-state index < -0.39 is 0 Å². The average molecular weight is 879 g/mol. The Hall–Kier alpha value is -6.10. The molecule has 0 bridgehead atoms. The summed E-state index contributed by atoms with van der Waals surface area (Å²) in [6.45, 7) is 8.60. The van der Waals surface area contributed by atoms with E-state index in [4.69, 9.17) is 14.7 Å². The van der Waals surface area contributed by atoms with E-state index in [1.807, 2.05) is 48.8 Å². The number of fused-ring (bicyclic) bond motifs is 9. The fraction of sp³-hybridized carbons (Fsp3) is 0.0851. The van der Waals surface area contributed by atoms with E-state index in [0.29, 0.717) is 11.5 Å². The minimum absolute atomic E-state index is 0. The SMILES string of the molecule is Cc1cccc(C)c1-c1ccc2c3ccc(Oc4[c-]c5c(cc4)c4ccccc4n5-c4ccccn4)[c-]c3c3ncc(-c4c(C)cccc4C)n3c2n1.[Pt+2]. The quantitative estimate of drug-likeness (QED) is 0.128. The average Bonchev–Trinajstić information content (AvgIpc) is 3.75. The minimum atomic E-state index is 0. The fourth-order valence-corrected chi connectivity index (χ4v) is 8.04. The Kier molecular flexibility index (Phi) is 8.17. The molecule has 262 valence electrons. The number of aryl methyl sites for hydroxylation is 4. The number of hydrogen-bond acceptors (Lipinski definition) is 4. The standard InChI is InChI=1S/C47H33N5O.Pt/c1-28-11-9-12-29(2)44(28)39-23-22-37-34-20-18-32(25-38(34)46-49-27-42(52(46)47(37)50-39)45-30(3)13-10-14-31(45)4)53-33-19-21-36-35-15-5-6-16-40(35)51(41(36)26-33)43-17-7-8-24-48-43;/h5-24,27H,1-4H3;/q-2;+2. The van der Waals surface area contributed by atoms with Crippen LogP contribution in [0.15, 0.2) is 128 Å². The number of rotatable bonds is 5. The molecule has 0 aliphatic carbocycles. The van der Waals surface area contributed by atoms with E-state index >= 15 is 0 Å². The van der Waals surface area contributed by atoms with Crippen molar-refractivity contribution in [2.24, 2.45) is 0 Å². The molecule has 0 saturated heterocycles. The van der Waals surface area contributed by atoms with Gasteiger partial charge in [-0.1, -0.05) is 89.1 Å². The molecule has 10 rings (SSSR count). The maximum Gasteiger partial charge on any atom is 2.00 e. The van der Waals surface area contributed by atoms with Crippen LogP contribution in [0.2, 0.25) is 0 Å². The van der Waals surface area contributed by atoms with E-state index in [1.165, 1.54) is 22.3 Å². The molecule has 0 saturated carbocycles. The predicted octanol–water partition coefficient (Wildman–Crippen LogP) is 11.5. The smallest absolute Gasteiger partial charge is 0.503 e. The van der Waals surface area contributed by atoms with Crippen molar-refractivity contribution in [3.63, 3.8) is 0 Å². The van der Waals surface area contributed by atoms with Crippen LogP contribution in [0.3, 0.4) is 0 Å². The number of nitrogens with zero attached hydrogens (tertiary/aromatic N) is 5. The van der Waals surface area contributed by atoms with Gasteiger partial charge in [-0.05, 0) is 85.0 Å². The van der Waals surface area contributed by atoms with Gasteiger partial charge in [-0.3, -0.25) is 4.98 Å². The van der Waals surface area contributed by atoms with Gasteiger partial charge in [0.25, 0.3) is 0 Å². The summed E-state index contributed by atoms with van der Waals surface area (Å²) in [7, 11) is 0. The van der Waals surface area contributed by atoms with E-state index in [1.54, 1.807) is 0 Å². The molecule has 0 aliphatic heterocycles. The number of para-hydroxylation sites is 1. The molecule has 5 aromatic heterocycles. The van der Waals surface area contributed by atoms with Gasteiger partial charge < -0.3 is 13.7 Å². The molecule has 54 heavy (non-hydrogen) atoms. The summed E-state index contributed by atoms with van der Waals surface area (Å²) in [6, 6.07) is 46.7. The zero-order valence-electron chi connectivity index (χ0n) is 30.1. The first kappa shape index (κ1) is 33.7. The first-order chi connectivity index (χ1) is 25.9. The fourth-order valence-electron chi connectivity index (χ4n) is 8.04. The summed E-state index contributed by atoms with van der Waals surface area (Å²) in [5.74, 6) is 1.99. The van der Waals surface area contributed by atoms with Crippen molar-refractivity contribution in [2.45, 2.75) is 27.7 Å². The number of benzene rings is 5. The van der Waals surface area contributed by atoms with Crippen molar-refractivity contribution in [3.05, 3.63) is 162 Å². The maximum absolute atomic E-state index is 6.58. The van der Waals surface area contributed by atoms with Crippen LogP contribution >= 0.6 is 0 Å². The van der Waals surface area contributed by atoms with Crippen molar-refractivity contribution in [2.75, 3.05) is 0 Å². The molecule has 0 aliphatic rings. The second-order valence-corrected chi connectivity index (χ2v) is 13.7. The number of aromatic nitrogens is 5. The molecule has 0 atom stereocenters. The first-order valence-corrected chi connectivity index (χ1v) is 17.8. The summed E-state index contributed by atoms with van der Waals surface area (Å²) >= 11 is 0. The molecule has 10 aromatic rings. The summed E-state index contributed by atoms with van der Waals surface area (Å²) in [5.41, 5.74) is 12.6. The second-order valence-electron chi connectivity index (χ2n) is 13.7. The van der Waals surface area contributed by atoms with E-state index in [2.05, 4.69) is 133 Å². The second kappa shape index (κ2) is 13.1. The largest absolute Gasteiger partial charge is 2.00 e. The van der Waals surface area contributed by atoms with Gasteiger partial charge in [-0.2, -0.15) is 6.07 Å². The molecule has 0 unspecified atom stereocenters. The van der Waals surface area contributed by atoms with Gasteiger partial charge in [0.1, 0.15) is 11.5 Å². The third kappa shape index (κ3) is 5.24. The van der Waals surface area contributed by atoms with Gasteiger partial charge in [0.05, 0.1) is 17.0 Å². The molecule has 0 N–H and O–H groups in total. The summed E-state index contributed by atoms with van der Waals surface area (Å²) in [5, 5.41) is 5.10. The van der Waals surface area contributed by atoms with Gasteiger partial charge in [-0.25, -0.2) is 9.97 Å². The first-order valence-electron chi connectivity index (χ1n) is 17.8. The third-order valence-electron chi connectivity index (χ3n) is 10.4. The van der Waals surface area contributed by atoms with Crippen LogP contribution < -0.4 is 4.74 Å². The van der Waals surface area contributed by atoms with Crippen LogP contribution in [-0.4, -0.2) is 23.9 Å². The summed E-state index contributed by atoms with van der Waals surface area (Å²) in [6.07, 6.45) is 3.78. The van der Waals surface area contributed by atoms with Gasteiger partial charge >= 0.3 is 21.1 Å². The Labute approximate surface area is 327 Å². The minimum Gasteiger partial charge on any atom is -0.503 e. The number of pyridine rings is 3.